The summed E-state index contributed by atoms with van der Waals surface area (Å²) in [6.45, 7) is 1.68. The highest BCUT2D eigenvalue weighted by atomic mass is 19.1. The number of nitrogen functional groups attached to an aromatic ring is 1. The monoisotopic (exact) mass is 252 g/mol. The minimum absolute atomic E-state index is 0.00836. The lowest BCUT2D eigenvalue weighted by atomic mass is 10.2. The van der Waals surface area contributed by atoms with E-state index < -0.39 is 17.5 Å². The molecule has 0 fully saturated rings. The summed E-state index contributed by atoms with van der Waals surface area (Å²) in [6, 6.07) is 6.05. The van der Waals surface area contributed by atoms with Gasteiger partial charge in [0, 0.05) is 11.4 Å². The number of nitrogens with one attached hydrogen (secondary N) is 1. The van der Waals surface area contributed by atoms with Crippen LogP contribution in [0.5, 0.6) is 0 Å². The lowest BCUT2D eigenvalue weighted by Crippen LogP contribution is -2.00. The number of nitrogens with two attached hydrogens (primary N) is 1. The van der Waals surface area contributed by atoms with Crippen molar-refractivity contribution >= 4 is 17.1 Å². The van der Waals surface area contributed by atoms with Crippen molar-refractivity contribution in [1.82, 2.24) is 0 Å². The summed E-state index contributed by atoms with van der Waals surface area (Å²) in [5.41, 5.74) is 5.86. The van der Waals surface area contributed by atoms with E-state index in [9.17, 15) is 13.2 Å². The second kappa shape index (κ2) is 4.60. The quantitative estimate of drug-likeness (QED) is 0.799. The Morgan fingerprint density at radius 3 is 2.11 bits per heavy atom. The molecule has 0 aliphatic carbocycles. The Morgan fingerprint density at radius 1 is 0.944 bits per heavy atom. The first-order valence-corrected chi connectivity index (χ1v) is 5.24. The SMILES string of the molecule is Cc1cc(F)cc(Nc2c(F)cc(N)cc2F)c1. The van der Waals surface area contributed by atoms with Crippen LogP contribution in [0.15, 0.2) is 30.3 Å². The highest BCUT2D eigenvalue weighted by Gasteiger charge is 2.11. The van der Waals surface area contributed by atoms with Crippen molar-refractivity contribution in [3.63, 3.8) is 0 Å². The minimum Gasteiger partial charge on any atom is -0.399 e. The van der Waals surface area contributed by atoms with Gasteiger partial charge in [-0.2, -0.15) is 0 Å². The second-order valence-corrected chi connectivity index (χ2v) is 4.00. The molecular formula is C13H11F3N2. The first-order valence-electron chi connectivity index (χ1n) is 5.24. The average Bonchev–Trinajstić information content (AvgIpc) is 2.22. The summed E-state index contributed by atoms with van der Waals surface area (Å²) in [4.78, 5) is 0. The van der Waals surface area contributed by atoms with Crippen molar-refractivity contribution in [2.24, 2.45) is 0 Å². The Morgan fingerprint density at radius 2 is 1.56 bits per heavy atom. The van der Waals surface area contributed by atoms with Gasteiger partial charge < -0.3 is 11.1 Å². The molecule has 0 unspecified atom stereocenters. The van der Waals surface area contributed by atoms with Crippen LogP contribution in [-0.2, 0) is 0 Å². The van der Waals surface area contributed by atoms with Crippen LogP contribution in [0.25, 0.3) is 0 Å². The molecule has 2 nitrogen and oxygen atoms in total. The van der Waals surface area contributed by atoms with Gasteiger partial charge in [0.1, 0.15) is 11.5 Å². The summed E-state index contributed by atoms with van der Waals surface area (Å²) >= 11 is 0. The molecule has 2 aromatic carbocycles. The molecule has 2 rings (SSSR count). The highest BCUT2D eigenvalue weighted by Crippen LogP contribution is 2.26. The average molecular weight is 252 g/mol. The Labute approximate surface area is 102 Å². The van der Waals surface area contributed by atoms with E-state index in [0.29, 0.717) is 5.56 Å². The molecule has 0 bridgehead atoms. The predicted octanol–water partition coefficient (Wildman–Crippen LogP) is 3.74. The topological polar surface area (TPSA) is 38.0 Å². The van der Waals surface area contributed by atoms with Gasteiger partial charge in [-0.25, -0.2) is 13.2 Å². The van der Waals surface area contributed by atoms with Crippen LogP contribution in [0.3, 0.4) is 0 Å². The molecule has 0 heterocycles. The molecule has 0 atom stereocenters. The van der Waals surface area contributed by atoms with E-state index in [1.807, 2.05) is 0 Å². The first-order chi connectivity index (χ1) is 8.45. The van der Waals surface area contributed by atoms with E-state index in [1.165, 1.54) is 6.07 Å². The molecule has 0 spiro atoms. The number of hydrogen-bond donors (Lipinski definition) is 2. The summed E-state index contributed by atoms with van der Waals surface area (Å²) in [7, 11) is 0. The highest BCUT2D eigenvalue weighted by molar-refractivity contribution is 5.64. The van der Waals surface area contributed by atoms with Gasteiger partial charge in [-0.15, -0.1) is 0 Å². The van der Waals surface area contributed by atoms with Gasteiger partial charge >= 0.3 is 0 Å². The summed E-state index contributed by atoms with van der Waals surface area (Å²) in [5, 5.41) is 2.50. The van der Waals surface area contributed by atoms with Gasteiger partial charge in [-0.1, -0.05) is 0 Å². The molecule has 18 heavy (non-hydrogen) atoms. The lowest BCUT2D eigenvalue weighted by Gasteiger charge is -2.10. The zero-order valence-corrected chi connectivity index (χ0v) is 9.60. The van der Waals surface area contributed by atoms with Crippen LogP contribution in [0.2, 0.25) is 0 Å². The Hall–Kier alpha value is -2.17. The molecule has 0 saturated carbocycles. The van der Waals surface area contributed by atoms with Crippen molar-refractivity contribution in [2.75, 3.05) is 11.1 Å². The van der Waals surface area contributed by atoms with Crippen LogP contribution in [0, 0.1) is 24.4 Å². The smallest absolute Gasteiger partial charge is 0.151 e. The number of rotatable bonds is 2. The molecule has 0 aliphatic heterocycles. The fourth-order valence-electron chi connectivity index (χ4n) is 1.66. The summed E-state index contributed by atoms with van der Waals surface area (Å²) in [5.74, 6) is -2.13. The fourth-order valence-corrected chi connectivity index (χ4v) is 1.66. The fraction of sp³-hybridized carbons (Fsp3) is 0.0769. The van der Waals surface area contributed by atoms with Crippen LogP contribution < -0.4 is 11.1 Å². The van der Waals surface area contributed by atoms with Crippen molar-refractivity contribution < 1.29 is 13.2 Å². The van der Waals surface area contributed by atoms with Crippen LogP contribution >= 0.6 is 0 Å². The van der Waals surface area contributed by atoms with E-state index >= 15 is 0 Å². The predicted molar refractivity (Wildman–Crippen MR) is 65.2 cm³/mol. The Balaban J connectivity index is 2.40. The van der Waals surface area contributed by atoms with Gasteiger partial charge in [0.2, 0.25) is 0 Å². The number of benzene rings is 2. The van der Waals surface area contributed by atoms with Crippen molar-refractivity contribution in [2.45, 2.75) is 6.92 Å². The molecule has 0 saturated heterocycles. The first kappa shape index (κ1) is 12.3. The molecule has 0 aliphatic rings. The lowest BCUT2D eigenvalue weighted by molar-refractivity contribution is 0.591. The van der Waals surface area contributed by atoms with Crippen molar-refractivity contribution in [1.29, 1.82) is 0 Å². The molecule has 0 aromatic heterocycles. The van der Waals surface area contributed by atoms with E-state index in [1.54, 1.807) is 13.0 Å². The maximum Gasteiger partial charge on any atom is 0.151 e. The molecular weight excluding hydrogens is 241 g/mol. The van der Waals surface area contributed by atoms with E-state index in [4.69, 9.17) is 5.73 Å². The molecule has 2 aromatic rings. The third-order valence-electron chi connectivity index (χ3n) is 2.38. The normalized spacial score (nSPS) is 10.4. The molecule has 94 valence electrons. The maximum atomic E-state index is 13.5. The third kappa shape index (κ3) is 2.56. The zero-order chi connectivity index (χ0) is 13.3. The Bertz CT molecular complexity index is 554. The van der Waals surface area contributed by atoms with Gasteiger partial charge in [-0.3, -0.25) is 0 Å². The molecule has 3 N–H and O–H groups in total. The van der Waals surface area contributed by atoms with Crippen molar-refractivity contribution in [3.05, 3.63) is 53.3 Å². The summed E-state index contributed by atoms with van der Waals surface area (Å²) < 4.78 is 40.2. The molecule has 0 amide bonds. The zero-order valence-electron chi connectivity index (χ0n) is 9.60. The van der Waals surface area contributed by atoms with Crippen LogP contribution in [0.4, 0.5) is 30.2 Å². The molecule has 5 heteroatoms. The van der Waals surface area contributed by atoms with Gasteiger partial charge in [0.25, 0.3) is 0 Å². The number of hydrogen-bond acceptors (Lipinski definition) is 2. The standard InChI is InChI=1S/C13H11F3N2/c1-7-2-8(14)4-10(3-7)18-13-11(15)5-9(17)6-12(13)16/h2-6,18H,17H2,1H3. The molecule has 0 radical (unpaired) electrons. The number of halogens is 3. The minimum atomic E-state index is -0.825. The second-order valence-electron chi connectivity index (χ2n) is 4.00. The van der Waals surface area contributed by atoms with Crippen LogP contribution in [-0.4, -0.2) is 0 Å². The Kier molecular flexibility index (Phi) is 3.14. The largest absolute Gasteiger partial charge is 0.399 e. The van der Waals surface area contributed by atoms with Gasteiger partial charge in [0.05, 0.1) is 0 Å². The number of anilines is 3. The van der Waals surface area contributed by atoms with Gasteiger partial charge in [0.15, 0.2) is 11.6 Å². The summed E-state index contributed by atoms with van der Waals surface area (Å²) in [6.07, 6.45) is 0. The van der Waals surface area contributed by atoms with E-state index in [0.717, 1.165) is 18.2 Å². The van der Waals surface area contributed by atoms with E-state index in [2.05, 4.69) is 5.32 Å². The number of aryl methyl sites for hydroxylation is 1. The van der Waals surface area contributed by atoms with E-state index in [-0.39, 0.29) is 17.1 Å². The van der Waals surface area contributed by atoms with Crippen molar-refractivity contribution in [3.8, 4) is 0 Å². The van der Waals surface area contributed by atoms with Crippen LogP contribution in [0.1, 0.15) is 5.56 Å². The maximum absolute atomic E-state index is 13.5. The third-order valence-corrected chi connectivity index (χ3v) is 2.38. The van der Waals surface area contributed by atoms with Gasteiger partial charge in [-0.05, 0) is 42.8 Å².